The number of carbonyl (C=O) groups excluding carboxylic acids is 1. The Balaban J connectivity index is 0.000000775. The van der Waals surface area contributed by atoms with Crippen LogP contribution in [0.15, 0.2) is 41.4 Å². The molecule has 4 heterocycles. The Kier molecular flexibility index (Phi) is 5.92. The summed E-state index contributed by atoms with van der Waals surface area (Å²) < 4.78 is 32.8. The first-order valence-electron chi connectivity index (χ1n) is 9.64. The van der Waals surface area contributed by atoms with E-state index in [-0.39, 0.29) is 29.5 Å². The molecule has 0 bridgehead atoms. The van der Waals surface area contributed by atoms with E-state index >= 15 is 0 Å². The summed E-state index contributed by atoms with van der Waals surface area (Å²) in [5, 5.41) is 17.5. The molecule has 0 aliphatic carbocycles. The number of benzene rings is 1. The fourth-order valence-electron chi connectivity index (χ4n) is 3.43. The summed E-state index contributed by atoms with van der Waals surface area (Å²) >= 11 is 0. The Morgan fingerprint density at radius 2 is 1.91 bits per heavy atom. The number of fused-ring (bicyclic) bond motifs is 2. The van der Waals surface area contributed by atoms with Gasteiger partial charge in [0.05, 0.1) is 16.8 Å². The molecule has 5 rings (SSSR count). The van der Waals surface area contributed by atoms with Crippen LogP contribution in [0.4, 0.5) is 11.5 Å². The van der Waals surface area contributed by atoms with Crippen molar-refractivity contribution in [1.82, 2.24) is 19.5 Å². The van der Waals surface area contributed by atoms with Crippen molar-refractivity contribution >= 4 is 44.9 Å². The smallest absolute Gasteiger partial charge is 0.290 e. The van der Waals surface area contributed by atoms with Crippen molar-refractivity contribution in [2.75, 3.05) is 43.0 Å². The number of anilines is 2. The zero-order valence-corrected chi connectivity index (χ0v) is 17.6. The van der Waals surface area contributed by atoms with Gasteiger partial charge in [0, 0.05) is 37.6 Å². The molecule has 3 aromatic rings. The van der Waals surface area contributed by atoms with E-state index in [1.54, 1.807) is 0 Å². The minimum Gasteiger partial charge on any atom is -0.483 e. The normalized spacial score (nSPS) is 15.8. The minimum atomic E-state index is -4.00. The fourth-order valence-corrected chi connectivity index (χ4v) is 4.67. The first-order valence-corrected chi connectivity index (χ1v) is 11.1. The molecular formula is C19H20N6O6S. The fraction of sp³-hybridized carbons (Fsp3) is 0.263. The maximum atomic E-state index is 13.2. The minimum absolute atomic E-state index is 0.00627. The first kappa shape index (κ1) is 21.5. The van der Waals surface area contributed by atoms with Gasteiger partial charge < -0.3 is 25.4 Å². The number of aromatic nitrogens is 3. The van der Waals surface area contributed by atoms with Crippen LogP contribution in [0.5, 0.6) is 5.75 Å². The number of ether oxygens (including phenoxy) is 1. The van der Waals surface area contributed by atoms with Gasteiger partial charge in [0.15, 0.2) is 12.3 Å². The van der Waals surface area contributed by atoms with Gasteiger partial charge in [-0.25, -0.2) is 4.98 Å². The van der Waals surface area contributed by atoms with Crippen molar-refractivity contribution < 1.29 is 27.9 Å². The molecule has 3 N–H and O–H groups in total. The van der Waals surface area contributed by atoms with Crippen LogP contribution in [-0.2, 0) is 19.6 Å². The molecule has 1 aromatic carbocycles. The van der Waals surface area contributed by atoms with Crippen LogP contribution in [0.2, 0.25) is 0 Å². The maximum absolute atomic E-state index is 13.2. The average Bonchev–Trinajstić information content (AvgIpc) is 3.24. The molecule has 1 amide bonds. The SMILES string of the molecule is O=C1COc2cc(S(=O)(=O)n3ncc4ccc(N5CCNCC5)nc43)ccc2N1.O=CO. The Morgan fingerprint density at radius 1 is 1.16 bits per heavy atom. The average molecular weight is 460 g/mol. The molecule has 2 aromatic heterocycles. The van der Waals surface area contributed by atoms with Gasteiger partial charge in [0.25, 0.3) is 22.4 Å². The van der Waals surface area contributed by atoms with Gasteiger partial charge in [-0.15, -0.1) is 4.09 Å². The molecule has 32 heavy (non-hydrogen) atoms. The first-order chi connectivity index (χ1) is 15.4. The number of rotatable bonds is 3. The molecular weight excluding hydrogens is 440 g/mol. The summed E-state index contributed by atoms with van der Waals surface area (Å²) in [5.74, 6) is 0.736. The molecule has 0 spiro atoms. The van der Waals surface area contributed by atoms with Gasteiger partial charge in [-0.2, -0.15) is 13.5 Å². The van der Waals surface area contributed by atoms with Crippen LogP contribution >= 0.6 is 0 Å². The summed E-state index contributed by atoms with van der Waals surface area (Å²) in [6.07, 6.45) is 1.48. The van der Waals surface area contributed by atoms with Crippen LogP contribution < -0.4 is 20.3 Å². The number of pyridine rings is 1. The quantitative estimate of drug-likeness (QED) is 0.459. The monoisotopic (exact) mass is 460 g/mol. The van der Waals surface area contributed by atoms with Gasteiger partial charge in [-0.1, -0.05) is 0 Å². The Morgan fingerprint density at radius 3 is 2.66 bits per heavy atom. The number of carbonyl (C=O) groups is 2. The summed E-state index contributed by atoms with van der Waals surface area (Å²) in [6, 6.07) is 8.01. The number of nitrogens with one attached hydrogen (secondary N) is 2. The standard InChI is InChI=1S/C18H18N6O4S.CH2O2/c25-17-11-28-15-9-13(2-3-14(15)21-17)29(26,27)24-18-12(10-20-24)1-4-16(22-18)23-7-5-19-6-8-23;2-1-3/h1-4,9-10,19H,5-8,11H2,(H,21,25);1H,(H,2,3). The van der Waals surface area contributed by atoms with E-state index in [0.29, 0.717) is 22.6 Å². The zero-order chi connectivity index (χ0) is 22.7. The van der Waals surface area contributed by atoms with E-state index in [2.05, 4.69) is 25.6 Å². The van der Waals surface area contributed by atoms with Crippen molar-refractivity contribution in [2.45, 2.75) is 4.90 Å². The second kappa shape index (κ2) is 8.80. The number of piperazine rings is 1. The van der Waals surface area contributed by atoms with E-state index in [4.69, 9.17) is 14.6 Å². The highest BCUT2D eigenvalue weighted by Gasteiger charge is 2.25. The molecule has 168 valence electrons. The number of nitrogens with zero attached hydrogens (tertiary/aromatic N) is 4. The van der Waals surface area contributed by atoms with Gasteiger partial charge in [0.1, 0.15) is 11.6 Å². The third kappa shape index (κ3) is 4.07. The molecule has 0 radical (unpaired) electrons. The molecule has 13 heteroatoms. The third-order valence-electron chi connectivity index (χ3n) is 4.93. The van der Waals surface area contributed by atoms with Crippen LogP contribution in [0.1, 0.15) is 0 Å². The topological polar surface area (TPSA) is 156 Å². The second-order valence-corrected chi connectivity index (χ2v) is 8.68. The van der Waals surface area contributed by atoms with Crippen molar-refractivity contribution in [2.24, 2.45) is 0 Å². The third-order valence-corrected chi connectivity index (χ3v) is 6.50. The predicted octanol–water partition coefficient (Wildman–Crippen LogP) is 0.110. The van der Waals surface area contributed by atoms with Crippen molar-refractivity contribution in [1.29, 1.82) is 0 Å². The molecule has 2 aliphatic rings. The molecule has 1 fully saturated rings. The molecule has 12 nitrogen and oxygen atoms in total. The van der Waals surface area contributed by atoms with E-state index in [1.165, 1.54) is 24.4 Å². The highest BCUT2D eigenvalue weighted by Crippen LogP contribution is 2.31. The molecule has 0 atom stereocenters. The number of hydrogen-bond donors (Lipinski definition) is 3. The van der Waals surface area contributed by atoms with Gasteiger partial charge in [-0.05, 0) is 24.3 Å². The largest absolute Gasteiger partial charge is 0.483 e. The molecule has 0 saturated carbocycles. The summed E-state index contributed by atoms with van der Waals surface area (Å²) in [4.78, 5) is 26.5. The second-order valence-electron chi connectivity index (χ2n) is 6.91. The Labute approximate surface area is 182 Å². The van der Waals surface area contributed by atoms with E-state index in [1.807, 2.05) is 12.1 Å². The molecule has 1 saturated heterocycles. The highest BCUT2D eigenvalue weighted by atomic mass is 32.2. The summed E-state index contributed by atoms with van der Waals surface area (Å²) in [6.45, 7) is 2.89. The lowest BCUT2D eigenvalue weighted by atomic mass is 10.2. The van der Waals surface area contributed by atoms with Crippen molar-refractivity contribution in [3.63, 3.8) is 0 Å². The van der Waals surface area contributed by atoms with Crippen LogP contribution in [0.3, 0.4) is 0 Å². The Bertz CT molecular complexity index is 1270. The van der Waals surface area contributed by atoms with Crippen LogP contribution in [-0.4, -0.2) is 72.9 Å². The Hall–Kier alpha value is -3.71. The number of amides is 1. The van der Waals surface area contributed by atoms with E-state index in [0.717, 1.165) is 30.3 Å². The van der Waals surface area contributed by atoms with Crippen LogP contribution in [0, 0.1) is 0 Å². The van der Waals surface area contributed by atoms with Gasteiger partial charge >= 0.3 is 0 Å². The molecule has 0 unspecified atom stereocenters. The molecule has 2 aliphatic heterocycles. The lowest BCUT2D eigenvalue weighted by molar-refractivity contribution is -0.123. The van der Waals surface area contributed by atoms with Gasteiger partial charge in [-0.3, -0.25) is 9.59 Å². The zero-order valence-electron chi connectivity index (χ0n) is 16.8. The lowest BCUT2D eigenvalue weighted by Crippen LogP contribution is -2.43. The van der Waals surface area contributed by atoms with E-state index in [9.17, 15) is 13.2 Å². The summed E-state index contributed by atoms with van der Waals surface area (Å²) in [5.41, 5.74) is 0.706. The predicted molar refractivity (Wildman–Crippen MR) is 114 cm³/mol. The highest BCUT2D eigenvalue weighted by molar-refractivity contribution is 7.90. The summed E-state index contributed by atoms with van der Waals surface area (Å²) in [7, 11) is -4.00. The number of hydrogen-bond acceptors (Lipinski definition) is 9. The van der Waals surface area contributed by atoms with Gasteiger partial charge in [0.2, 0.25) is 0 Å². The maximum Gasteiger partial charge on any atom is 0.290 e. The van der Waals surface area contributed by atoms with Crippen molar-refractivity contribution in [3.05, 3.63) is 36.5 Å². The van der Waals surface area contributed by atoms with Crippen LogP contribution in [0.25, 0.3) is 11.0 Å². The lowest BCUT2D eigenvalue weighted by Gasteiger charge is -2.28. The number of carboxylic acid groups (broad SMARTS) is 1. The van der Waals surface area contributed by atoms with Crippen molar-refractivity contribution in [3.8, 4) is 5.75 Å². The van der Waals surface area contributed by atoms with E-state index < -0.39 is 10.0 Å².